The van der Waals surface area contributed by atoms with Crippen LogP contribution in [0.15, 0.2) is 24.3 Å². The standard InChI is InChI=1S/C17H29N/c1-5-7-15-8-10-16(11-9-15)17(3,4)12-14-18-13-6-2/h8-11,18H,5-7,12-14H2,1-4H3. The number of hydrogen-bond donors (Lipinski definition) is 1. The van der Waals surface area contributed by atoms with Crippen molar-refractivity contribution in [1.29, 1.82) is 0 Å². The van der Waals surface area contributed by atoms with Crippen LogP contribution in [0.3, 0.4) is 0 Å². The molecule has 0 aromatic heterocycles. The molecule has 0 radical (unpaired) electrons. The molecular formula is C17H29N. The molecule has 1 N–H and O–H groups in total. The van der Waals surface area contributed by atoms with Gasteiger partial charge in [-0.1, -0.05) is 58.4 Å². The maximum absolute atomic E-state index is 3.49. The Bertz CT molecular complexity index is 324. The molecule has 102 valence electrons. The third-order valence-electron chi connectivity index (χ3n) is 3.63. The van der Waals surface area contributed by atoms with Gasteiger partial charge in [0, 0.05) is 0 Å². The Labute approximate surface area is 113 Å². The van der Waals surface area contributed by atoms with E-state index in [0.29, 0.717) is 0 Å². The summed E-state index contributed by atoms with van der Waals surface area (Å²) in [6.45, 7) is 11.4. The number of hydrogen-bond acceptors (Lipinski definition) is 1. The van der Waals surface area contributed by atoms with E-state index in [1.165, 1.54) is 36.8 Å². The Morgan fingerprint density at radius 3 is 2.17 bits per heavy atom. The minimum absolute atomic E-state index is 0.269. The second-order valence-corrected chi connectivity index (χ2v) is 5.83. The molecule has 1 aromatic rings. The lowest BCUT2D eigenvalue weighted by atomic mass is 9.81. The van der Waals surface area contributed by atoms with Crippen LogP contribution in [0.1, 0.15) is 58.1 Å². The largest absolute Gasteiger partial charge is 0.317 e. The molecule has 1 rings (SSSR count). The Hall–Kier alpha value is -0.820. The van der Waals surface area contributed by atoms with E-state index in [1.54, 1.807) is 0 Å². The van der Waals surface area contributed by atoms with Crippen LogP contribution in [0.2, 0.25) is 0 Å². The first-order chi connectivity index (χ1) is 8.60. The highest BCUT2D eigenvalue weighted by atomic mass is 14.8. The summed E-state index contributed by atoms with van der Waals surface area (Å²) in [5.41, 5.74) is 3.19. The van der Waals surface area contributed by atoms with Crippen molar-refractivity contribution in [3.8, 4) is 0 Å². The van der Waals surface area contributed by atoms with Gasteiger partial charge >= 0.3 is 0 Å². The highest BCUT2D eigenvalue weighted by Gasteiger charge is 2.19. The molecule has 1 heteroatoms. The molecule has 0 unspecified atom stereocenters. The van der Waals surface area contributed by atoms with E-state index < -0.39 is 0 Å². The van der Waals surface area contributed by atoms with E-state index in [1.807, 2.05) is 0 Å². The summed E-state index contributed by atoms with van der Waals surface area (Å²) in [5, 5.41) is 3.49. The molecular weight excluding hydrogens is 218 g/mol. The first-order valence-electron chi connectivity index (χ1n) is 7.40. The lowest BCUT2D eigenvalue weighted by Gasteiger charge is -2.25. The third-order valence-corrected chi connectivity index (χ3v) is 3.63. The molecule has 18 heavy (non-hydrogen) atoms. The fourth-order valence-corrected chi connectivity index (χ4v) is 2.26. The Morgan fingerprint density at radius 2 is 1.61 bits per heavy atom. The molecule has 0 heterocycles. The van der Waals surface area contributed by atoms with Crippen LogP contribution < -0.4 is 5.32 Å². The smallest absolute Gasteiger partial charge is 0.00406 e. The van der Waals surface area contributed by atoms with Crippen molar-refractivity contribution in [2.24, 2.45) is 0 Å². The molecule has 0 saturated carbocycles. The van der Waals surface area contributed by atoms with Gasteiger partial charge in [0.1, 0.15) is 0 Å². The van der Waals surface area contributed by atoms with Crippen LogP contribution in [-0.4, -0.2) is 13.1 Å². The van der Waals surface area contributed by atoms with Crippen molar-refractivity contribution in [1.82, 2.24) is 5.32 Å². The Morgan fingerprint density at radius 1 is 0.944 bits per heavy atom. The van der Waals surface area contributed by atoms with Gasteiger partial charge < -0.3 is 5.32 Å². The van der Waals surface area contributed by atoms with E-state index >= 15 is 0 Å². The first-order valence-corrected chi connectivity index (χ1v) is 7.40. The average Bonchev–Trinajstić information content (AvgIpc) is 2.36. The summed E-state index contributed by atoms with van der Waals surface area (Å²) in [6, 6.07) is 9.20. The number of nitrogens with one attached hydrogen (secondary N) is 1. The van der Waals surface area contributed by atoms with Gasteiger partial charge in [0.2, 0.25) is 0 Å². The van der Waals surface area contributed by atoms with Crippen LogP contribution in [0.25, 0.3) is 0 Å². The molecule has 1 aromatic carbocycles. The second-order valence-electron chi connectivity index (χ2n) is 5.83. The van der Waals surface area contributed by atoms with Crippen molar-refractivity contribution >= 4 is 0 Å². The van der Waals surface area contributed by atoms with Crippen LogP contribution in [0, 0.1) is 0 Å². The Kier molecular flexibility index (Phi) is 6.42. The normalized spacial score (nSPS) is 11.8. The minimum atomic E-state index is 0.269. The van der Waals surface area contributed by atoms with Gasteiger partial charge in [-0.2, -0.15) is 0 Å². The van der Waals surface area contributed by atoms with Gasteiger partial charge in [-0.3, -0.25) is 0 Å². The van der Waals surface area contributed by atoms with Crippen molar-refractivity contribution in [2.75, 3.05) is 13.1 Å². The van der Waals surface area contributed by atoms with Crippen LogP contribution in [0.5, 0.6) is 0 Å². The predicted molar refractivity (Wildman–Crippen MR) is 81.2 cm³/mol. The van der Waals surface area contributed by atoms with Crippen molar-refractivity contribution in [3.05, 3.63) is 35.4 Å². The van der Waals surface area contributed by atoms with Crippen molar-refractivity contribution in [3.63, 3.8) is 0 Å². The molecule has 0 bridgehead atoms. The lowest BCUT2D eigenvalue weighted by Crippen LogP contribution is -2.25. The summed E-state index contributed by atoms with van der Waals surface area (Å²) in [7, 11) is 0. The van der Waals surface area contributed by atoms with E-state index in [9.17, 15) is 0 Å². The molecule has 0 atom stereocenters. The fraction of sp³-hybridized carbons (Fsp3) is 0.647. The van der Waals surface area contributed by atoms with Gasteiger partial charge in [-0.15, -0.1) is 0 Å². The number of rotatable bonds is 8. The summed E-state index contributed by atoms with van der Waals surface area (Å²) >= 11 is 0. The van der Waals surface area contributed by atoms with E-state index in [4.69, 9.17) is 0 Å². The first kappa shape index (κ1) is 15.2. The van der Waals surface area contributed by atoms with Gasteiger partial charge in [0.15, 0.2) is 0 Å². The highest BCUT2D eigenvalue weighted by Crippen LogP contribution is 2.26. The maximum Gasteiger partial charge on any atom is -0.00406 e. The van der Waals surface area contributed by atoms with Crippen LogP contribution >= 0.6 is 0 Å². The predicted octanol–water partition coefficient (Wildman–Crippen LogP) is 4.31. The molecule has 0 aliphatic rings. The quantitative estimate of drug-likeness (QED) is 0.675. The monoisotopic (exact) mass is 247 g/mol. The van der Waals surface area contributed by atoms with E-state index in [2.05, 4.69) is 57.3 Å². The van der Waals surface area contributed by atoms with Crippen molar-refractivity contribution in [2.45, 2.75) is 58.8 Å². The number of aryl methyl sites for hydroxylation is 1. The van der Waals surface area contributed by atoms with E-state index in [-0.39, 0.29) is 5.41 Å². The van der Waals surface area contributed by atoms with Crippen LogP contribution in [0.4, 0.5) is 0 Å². The molecule has 0 saturated heterocycles. The summed E-state index contributed by atoms with van der Waals surface area (Å²) in [6.07, 6.45) is 4.83. The van der Waals surface area contributed by atoms with Gasteiger partial charge in [0.05, 0.1) is 0 Å². The van der Waals surface area contributed by atoms with Gasteiger partial charge in [-0.05, 0) is 48.9 Å². The fourth-order valence-electron chi connectivity index (χ4n) is 2.26. The van der Waals surface area contributed by atoms with Crippen LogP contribution in [-0.2, 0) is 11.8 Å². The lowest BCUT2D eigenvalue weighted by molar-refractivity contribution is 0.457. The molecule has 0 amide bonds. The zero-order valence-electron chi connectivity index (χ0n) is 12.6. The molecule has 0 aliphatic carbocycles. The highest BCUT2D eigenvalue weighted by molar-refractivity contribution is 5.28. The van der Waals surface area contributed by atoms with Gasteiger partial charge in [-0.25, -0.2) is 0 Å². The molecule has 1 nitrogen and oxygen atoms in total. The van der Waals surface area contributed by atoms with Crippen molar-refractivity contribution < 1.29 is 0 Å². The minimum Gasteiger partial charge on any atom is -0.317 e. The Balaban J connectivity index is 2.54. The van der Waals surface area contributed by atoms with Gasteiger partial charge in [0.25, 0.3) is 0 Å². The number of benzene rings is 1. The topological polar surface area (TPSA) is 12.0 Å². The zero-order valence-corrected chi connectivity index (χ0v) is 12.6. The molecule has 0 fully saturated rings. The second kappa shape index (κ2) is 7.58. The maximum atomic E-state index is 3.49. The average molecular weight is 247 g/mol. The molecule has 0 aliphatic heterocycles. The SMILES string of the molecule is CCCNCCC(C)(C)c1ccc(CCC)cc1. The molecule has 0 spiro atoms. The summed E-state index contributed by atoms with van der Waals surface area (Å²) in [4.78, 5) is 0. The summed E-state index contributed by atoms with van der Waals surface area (Å²) < 4.78 is 0. The zero-order chi connectivity index (χ0) is 13.4. The third kappa shape index (κ3) is 4.81. The van der Waals surface area contributed by atoms with E-state index in [0.717, 1.165) is 13.1 Å². The summed E-state index contributed by atoms with van der Waals surface area (Å²) in [5.74, 6) is 0.